The summed E-state index contributed by atoms with van der Waals surface area (Å²) >= 11 is 1.79. The summed E-state index contributed by atoms with van der Waals surface area (Å²) in [5.41, 5.74) is 1.31. The smallest absolute Gasteiger partial charge is 0.237 e. The fraction of sp³-hybridized carbons (Fsp3) is 0.647. The van der Waals surface area contributed by atoms with Gasteiger partial charge in [-0.3, -0.25) is 14.5 Å². The minimum atomic E-state index is -0.0204. The summed E-state index contributed by atoms with van der Waals surface area (Å²) in [5, 5.41) is 4.91. The lowest BCUT2D eigenvalue weighted by atomic mass is 9.97. The number of likely N-dealkylation sites (N-methyl/N-ethyl adjacent to an activating group) is 2. The van der Waals surface area contributed by atoms with Crippen molar-refractivity contribution in [3.63, 3.8) is 0 Å². The van der Waals surface area contributed by atoms with Gasteiger partial charge in [0, 0.05) is 18.0 Å². The Morgan fingerprint density at radius 1 is 1.35 bits per heavy atom. The molecule has 1 N–H and O–H groups in total. The van der Waals surface area contributed by atoms with Crippen LogP contribution in [0, 0.1) is 0 Å². The molecule has 1 aromatic rings. The van der Waals surface area contributed by atoms with Crippen LogP contribution >= 0.6 is 11.3 Å². The summed E-state index contributed by atoms with van der Waals surface area (Å²) in [7, 11) is 0. The molecular formula is C17H27N3O2S. The highest BCUT2D eigenvalue weighted by Crippen LogP contribution is 2.35. The molecule has 1 aliphatic heterocycles. The lowest BCUT2D eigenvalue weighted by Gasteiger charge is -2.36. The number of hydrogen-bond acceptors (Lipinski definition) is 4. The fourth-order valence-electron chi connectivity index (χ4n) is 3.15. The molecule has 128 valence electrons. The van der Waals surface area contributed by atoms with Gasteiger partial charge in [-0.15, -0.1) is 11.3 Å². The average Bonchev–Trinajstić information content (AvgIpc) is 3.01. The van der Waals surface area contributed by atoms with Gasteiger partial charge < -0.3 is 10.2 Å². The quantitative estimate of drug-likeness (QED) is 0.828. The van der Waals surface area contributed by atoms with Crippen molar-refractivity contribution in [1.29, 1.82) is 0 Å². The first-order chi connectivity index (χ1) is 11.1. The number of thiophene rings is 1. The van der Waals surface area contributed by atoms with Crippen molar-refractivity contribution < 1.29 is 9.59 Å². The monoisotopic (exact) mass is 337 g/mol. The number of carbonyl (C=O) groups is 2. The van der Waals surface area contributed by atoms with Crippen molar-refractivity contribution >= 4 is 23.2 Å². The molecule has 2 heterocycles. The van der Waals surface area contributed by atoms with Crippen molar-refractivity contribution in [3.05, 3.63) is 21.9 Å². The normalized spacial score (nSPS) is 17.2. The van der Waals surface area contributed by atoms with Gasteiger partial charge in [-0.05, 0) is 43.3 Å². The molecule has 0 spiro atoms. The zero-order valence-corrected chi connectivity index (χ0v) is 15.1. The van der Waals surface area contributed by atoms with Gasteiger partial charge in [0.1, 0.15) is 0 Å². The molecule has 0 radical (unpaired) electrons. The van der Waals surface area contributed by atoms with Crippen LogP contribution in [-0.4, -0.2) is 54.3 Å². The zero-order valence-electron chi connectivity index (χ0n) is 14.3. The van der Waals surface area contributed by atoms with Crippen LogP contribution in [-0.2, 0) is 16.0 Å². The first-order valence-electron chi connectivity index (χ1n) is 8.45. The lowest BCUT2D eigenvalue weighted by molar-refractivity contribution is -0.136. The Balaban J connectivity index is 2.00. The molecule has 1 aromatic heterocycles. The summed E-state index contributed by atoms with van der Waals surface area (Å²) in [5.74, 6) is 0.104. The highest BCUT2D eigenvalue weighted by molar-refractivity contribution is 7.10. The topological polar surface area (TPSA) is 52.7 Å². The second kappa shape index (κ2) is 8.45. The molecule has 0 saturated heterocycles. The van der Waals surface area contributed by atoms with E-state index in [4.69, 9.17) is 0 Å². The van der Waals surface area contributed by atoms with Crippen LogP contribution in [0.25, 0.3) is 0 Å². The highest BCUT2D eigenvalue weighted by atomic mass is 32.1. The standard InChI is InChI=1S/C17H27N3O2S/c1-4-14-13-8-10-23-15(13)7-9-20(14)17(22)12-19(6-3)11-16(21)18-5-2/h8,10,14H,4-7,9,11-12H2,1-3H3,(H,18,21). The van der Waals surface area contributed by atoms with Crippen molar-refractivity contribution in [2.75, 3.05) is 32.7 Å². The molecule has 0 fully saturated rings. The maximum Gasteiger partial charge on any atom is 0.237 e. The van der Waals surface area contributed by atoms with Gasteiger partial charge in [0.25, 0.3) is 0 Å². The Morgan fingerprint density at radius 3 is 2.78 bits per heavy atom. The van der Waals surface area contributed by atoms with Crippen molar-refractivity contribution in [2.45, 2.75) is 39.7 Å². The number of carbonyl (C=O) groups excluding carboxylic acids is 2. The van der Waals surface area contributed by atoms with Crippen molar-refractivity contribution in [2.24, 2.45) is 0 Å². The largest absolute Gasteiger partial charge is 0.355 e. The van der Waals surface area contributed by atoms with Gasteiger partial charge in [-0.2, -0.15) is 0 Å². The molecule has 2 rings (SSSR count). The Morgan fingerprint density at radius 2 is 2.13 bits per heavy atom. The predicted molar refractivity (Wildman–Crippen MR) is 93.6 cm³/mol. The maximum atomic E-state index is 12.8. The molecule has 0 saturated carbocycles. The highest BCUT2D eigenvalue weighted by Gasteiger charge is 2.30. The van der Waals surface area contributed by atoms with Gasteiger partial charge in [0.2, 0.25) is 11.8 Å². The van der Waals surface area contributed by atoms with E-state index in [1.54, 1.807) is 11.3 Å². The summed E-state index contributed by atoms with van der Waals surface area (Å²) in [6.07, 6.45) is 1.87. The summed E-state index contributed by atoms with van der Waals surface area (Å²) < 4.78 is 0. The molecule has 1 atom stereocenters. The SMILES string of the molecule is CCNC(=O)CN(CC)CC(=O)N1CCc2sccc2C1CC. The third-order valence-corrected chi connectivity index (χ3v) is 5.35. The Bertz CT molecular complexity index is 544. The lowest BCUT2D eigenvalue weighted by Crippen LogP contribution is -2.47. The molecule has 1 unspecified atom stereocenters. The molecule has 1 aliphatic rings. The molecule has 5 nitrogen and oxygen atoms in total. The number of rotatable bonds is 7. The van der Waals surface area contributed by atoms with E-state index in [0.717, 1.165) is 19.4 Å². The summed E-state index contributed by atoms with van der Waals surface area (Å²) in [4.78, 5) is 29.8. The molecule has 23 heavy (non-hydrogen) atoms. The third kappa shape index (κ3) is 4.32. The molecule has 2 amide bonds. The van der Waals surface area contributed by atoms with E-state index in [2.05, 4.69) is 23.7 Å². The van der Waals surface area contributed by atoms with Crippen molar-refractivity contribution in [3.8, 4) is 0 Å². The Hall–Kier alpha value is -1.40. The van der Waals surface area contributed by atoms with Crippen LogP contribution < -0.4 is 5.32 Å². The minimum absolute atomic E-state index is 0.0204. The number of nitrogens with one attached hydrogen (secondary N) is 1. The molecular weight excluding hydrogens is 310 g/mol. The van der Waals surface area contributed by atoms with Crippen molar-refractivity contribution in [1.82, 2.24) is 15.1 Å². The maximum absolute atomic E-state index is 12.8. The number of hydrogen-bond donors (Lipinski definition) is 1. The van der Waals surface area contributed by atoms with E-state index >= 15 is 0 Å². The van der Waals surface area contributed by atoms with Gasteiger partial charge >= 0.3 is 0 Å². The van der Waals surface area contributed by atoms with Gasteiger partial charge in [0.15, 0.2) is 0 Å². The van der Waals surface area contributed by atoms with Crippen LogP contribution in [0.15, 0.2) is 11.4 Å². The van der Waals surface area contributed by atoms with E-state index < -0.39 is 0 Å². The van der Waals surface area contributed by atoms with E-state index in [-0.39, 0.29) is 24.4 Å². The summed E-state index contributed by atoms with van der Waals surface area (Å²) in [6, 6.07) is 2.33. The second-order valence-corrected chi connectivity index (χ2v) is 6.82. The Kier molecular flexibility index (Phi) is 6.59. The molecule has 0 bridgehead atoms. The van der Waals surface area contributed by atoms with E-state index in [1.165, 1.54) is 10.4 Å². The molecule has 0 aliphatic carbocycles. The Labute approximate surface area is 142 Å². The first-order valence-corrected chi connectivity index (χ1v) is 9.33. The number of nitrogens with zero attached hydrogens (tertiary/aromatic N) is 2. The van der Waals surface area contributed by atoms with Crippen LogP contribution in [0.1, 0.15) is 43.7 Å². The van der Waals surface area contributed by atoms with Crippen LogP contribution in [0.3, 0.4) is 0 Å². The van der Waals surface area contributed by atoms with Crippen LogP contribution in [0.5, 0.6) is 0 Å². The second-order valence-electron chi connectivity index (χ2n) is 5.82. The van der Waals surface area contributed by atoms with Crippen LogP contribution in [0.4, 0.5) is 0 Å². The average molecular weight is 337 g/mol. The predicted octanol–water partition coefficient (Wildman–Crippen LogP) is 2.04. The first kappa shape index (κ1) is 17.9. The van der Waals surface area contributed by atoms with E-state index in [0.29, 0.717) is 19.6 Å². The van der Waals surface area contributed by atoms with Gasteiger partial charge in [0.05, 0.1) is 19.1 Å². The fourth-order valence-corrected chi connectivity index (χ4v) is 4.08. The third-order valence-electron chi connectivity index (χ3n) is 4.35. The van der Waals surface area contributed by atoms with E-state index in [9.17, 15) is 9.59 Å². The van der Waals surface area contributed by atoms with E-state index in [1.807, 2.05) is 23.6 Å². The zero-order chi connectivity index (χ0) is 16.8. The summed E-state index contributed by atoms with van der Waals surface area (Å²) in [6.45, 7) is 8.70. The van der Waals surface area contributed by atoms with Gasteiger partial charge in [-0.1, -0.05) is 13.8 Å². The minimum Gasteiger partial charge on any atom is -0.355 e. The molecule has 0 aromatic carbocycles. The molecule has 6 heteroatoms. The van der Waals surface area contributed by atoms with Crippen LogP contribution in [0.2, 0.25) is 0 Å². The number of fused-ring (bicyclic) bond motifs is 1. The number of amides is 2. The van der Waals surface area contributed by atoms with Gasteiger partial charge in [-0.25, -0.2) is 0 Å².